The molecule has 2 fully saturated rings. The van der Waals surface area contributed by atoms with E-state index in [1.807, 2.05) is 6.92 Å². The van der Waals surface area contributed by atoms with Crippen molar-refractivity contribution in [1.82, 2.24) is 19.4 Å². The lowest BCUT2D eigenvalue weighted by Crippen LogP contribution is -2.57. The number of anilines is 3. The summed E-state index contributed by atoms with van der Waals surface area (Å²) in [6, 6.07) is 7.49. The van der Waals surface area contributed by atoms with Gasteiger partial charge in [-0.15, -0.1) is 0 Å². The van der Waals surface area contributed by atoms with Gasteiger partial charge in [-0.2, -0.15) is 0 Å². The smallest absolute Gasteiger partial charge is 0.416 e. The number of imidazole rings is 1. The summed E-state index contributed by atoms with van der Waals surface area (Å²) in [5.74, 6) is -1.56. The summed E-state index contributed by atoms with van der Waals surface area (Å²) < 4.78 is 26.4. The Kier molecular flexibility index (Phi) is 12.3. The fourth-order valence-corrected chi connectivity index (χ4v) is 8.17. The Hall–Kier alpha value is -5.85. The van der Waals surface area contributed by atoms with Gasteiger partial charge < -0.3 is 38.8 Å². The first-order chi connectivity index (χ1) is 28.0. The quantitative estimate of drug-likeness (QED) is 0.104. The van der Waals surface area contributed by atoms with Gasteiger partial charge in [0.05, 0.1) is 39.7 Å². The number of carbonyl (C=O) groups is 5. The Labute approximate surface area is 337 Å². The Bertz CT molecular complexity index is 2230. The zero-order valence-corrected chi connectivity index (χ0v) is 33.0. The van der Waals surface area contributed by atoms with Crippen molar-refractivity contribution in [3.05, 3.63) is 71.7 Å². The molecule has 4 aromatic rings. The Balaban J connectivity index is 1.01. The standard InChI is InChI=1S/C40H45N7O10S/c1-4-16-56-40(53)47-28-21-29(23(2)19-25(28)36(50)46-15-7-5-10-27(46)37(47)57-33-12-6-8-17-55-33)54-18-9-11-32(48)42-31-22-45(3)34(43-31)35(49)44-39-41-26-20-24(38(51)52)13-14-30(26)58-39/h4,13-14,19-22,27,33,37H,1,5-12,15-18H2,2-3H3,(H,42,48)(H,51,52)(H,41,44,49)/t27-,33?,37?/m0/s1. The predicted octanol–water partition coefficient (Wildman–Crippen LogP) is 6.09. The van der Waals surface area contributed by atoms with Crippen molar-refractivity contribution >= 4 is 68.0 Å². The Morgan fingerprint density at radius 1 is 1.09 bits per heavy atom. The van der Waals surface area contributed by atoms with Gasteiger partial charge in [0.2, 0.25) is 11.7 Å². The molecular weight excluding hydrogens is 771 g/mol. The van der Waals surface area contributed by atoms with Crippen molar-refractivity contribution in [3.63, 3.8) is 0 Å². The van der Waals surface area contributed by atoms with Gasteiger partial charge in [0, 0.05) is 38.9 Å². The third-order valence-corrected chi connectivity index (χ3v) is 11.1. The number of benzene rings is 2. The maximum absolute atomic E-state index is 14.2. The predicted molar refractivity (Wildman–Crippen MR) is 213 cm³/mol. The second kappa shape index (κ2) is 17.7. The molecule has 5 heterocycles. The van der Waals surface area contributed by atoms with E-state index < -0.39 is 36.5 Å². The van der Waals surface area contributed by atoms with Crippen LogP contribution in [0.3, 0.4) is 0 Å². The van der Waals surface area contributed by atoms with Crippen molar-refractivity contribution in [2.45, 2.75) is 76.9 Å². The summed E-state index contributed by atoms with van der Waals surface area (Å²) in [7, 11) is 1.61. The Morgan fingerprint density at radius 2 is 1.91 bits per heavy atom. The molecule has 3 N–H and O–H groups in total. The summed E-state index contributed by atoms with van der Waals surface area (Å²) >= 11 is 1.19. The fourth-order valence-electron chi connectivity index (χ4n) is 7.33. The molecule has 3 atom stereocenters. The van der Waals surface area contributed by atoms with Crippen molar-refractivity contribution in [2.75, 3.05) is 41.9 Å². The molecule has 3 aliphatic rings. The summed E-state index contributed by atoms with van der Waals surface area (Å²) in [5, 5.41) is 14.9. The molecule has 0 spiro atoms. The van der Waals surface area contributed by atoms with E-state index in [1.54, 1.807) is 30.1 Å². The number of aryl methyl sites for hydroxylation is 2. The minimum absolute atomic E-state index is 0.0265. The molecule has 3 aliphatic heterocycles. The first-order valence-corrected chi connectivity index (χ1v) is 20.0. The average molecular weight is 816 g/mol. The highest BCUT2D eigenvalue weighted by molar-refractivity contribution is 7.22. The lowest BCUT2D eigenvalue weighted by molar-refractivity contribution is -0.198. The number of carbonyl (C=O) groups excluding carboxylic acids is 4. The molecule has 2 aromatic heterocycles. The van der Waals surface area contributed by atoms with Crippen LogP contribution >= 0.6 is 11.3 Å². The van der Waals surface area contributed by atoms with E-state index in [0.717, 1.165) is 25.7 Å². The van der Waals surface area contributed by atoms with Crippen LogP contribution in [0.5, 0.6) is 5.75 Å². The highest BCUT2D eigenvalue weighted by Crippen LogP contribution is 2.40. The van der Waals surface area contributed by atoms with Gasteiger partial charge in [0.1, 0.15) is 12.4 Å². The van der Waals surface area contributed by atoms with Crippen LogP contribution in [0.1, 0.15) is 88.3 Å². The summed E-state index contributed by atoms with van der Waals surface area (Å²) in [5.41, 5.74) is 1.84. The van der Waals surface area contributed by atoms with Crippen LogP contribution in [0.25, 0.3) is 10.2 Å². The number of thiazole rings is 1. The topological polar surface area (TPSA) is 204 Å². The molecule has 0 aliphatic carbocycles. The number of hydrogen-bond donors (Lipinski definition) is 3. The number of carboxylic acid groups (broad SMARTS) is 1. The molecule has 58 heavy (non-hydrogen) atoms. The molecular formula is C40H45N7O10S. The average Bonchev–Trinajstić information content (AvgIpc) is 3.77. The number of nitrogens with one attached hydrogen (secondary N) is 2. The second-order valence-electron chi connectivity index (χ2n) is 14.3. The molecule has 2 aromatic carbocycles. The lowest BCUT2D eigenvalue weighted by atomic mass is 10.00. The largest absolute Gasteiger partial charge is 0.493 e. The fraction of sp³-hybridized carbons (Fsp3) is 0.425. The van der Waals surface area contributed by atoms with Crippen molar-refractivity contribution < 1.29 is 48.0 Å². The van der Waals surface area contributed by atoms with E-state index in [-0.39, 0.29) is 53.8 Å². The zero-order valence-electron chi connectivity index (χ0n) is 32.2. The molecule has 4 amide bonds. The van der Waals surface area contributed by atoms with E-state index >= 15 is 0 Å². The van der Waals surface area contributed by atoms with Crippen LogP contribution in [0.2, 0.25) is 0 Å². The molecule has 17 nitrogen and oxygen atoms in total. The van der Waals surface area contributed by atoms with Crippen molar-refractivity contribution in [1.29, 1.82) is 0 Å². The maximum Gasteiger partial charge on any atom is 0.416 e. The van der Waals surface area contributed by atoms with Gasteiger partial charge in [0.15, 0.2) is 23.5 Å². The molecule has 2 unspecified atom stereocenters. The van der Waals surface area contributed by atoms with Gasteiger partial charge >= 0.3 is 12.1 Å². The SMILES string of the molecule is C=CCOC(=O)N1c2cc(OCCCC(=O)Nc3cn(C)c(C(=O)Nc4nc5cc(C(=O)O)ccc5s4)n3)c(C)cc2C(=O)N2CCCC[C@H]2C1OC1CCCCO1. The highest BCUT2D eigenvalue weighted by atomic mass is 32.1. The van der Waals surface area contributed by atoms with Crippen LogP contribution in [0, 0.1) is 6.92 Å². The third kappa shape index (κ3) is 8.83. The number of amides is 4. The normalized spacial score (nSPS) is 19.1. The molecule has 2 saturated heterocycles. The molecule has 18 heteroatoms. The van der Waals surface area contributed by atoms with Crippen LogP contribution in [-0.2, 0) is 26.1 Å². The monoisotopic (exact) mass is 815 g/mol. The van der Waals surface area contributed by atoms with Crippen LogP contribution in [0.15, 0.2) is 49.2 Å². The van der Waals surface area contributed by atoms with Crippen LogP contribution < -0.4 is 20.3 Å². The van der Waals surface area contributed by atoms with Crippen molar-refractivity contribution in [3.8, 4) is 5.75 Å². The minimum Gasteiger partial charge on any atom is -0.493 e. The number of ether oxygens (including phenoxy) is 4. The summed E-state index contributed by atoms with van der Waals surface area (Å²) in [4.78, 5) is 77.1. The zero-order chi connectivity index (χ0) is 40.9. The van der Waals surface area contributed by atoms with Crippen LogP contribution in [-0.4, -0.2) is 99.3 Å². The van der Waals surface area contributed by atoms with Crippen molar-refractivity contribution in [2.24, 2.45) is 7.05 Å². The van der Waals surface area contributed by atoms with E-state index in [9.17, 15) is 29.1 Å². The number of carboxylic acids is 1. The number of rotatable bonds is 13. The first-order valence-electron chi connectivity index (χ1n) is 19.2. The lowest BCUT2D eigenvalue weighted by Gasteiger charge is -2.42. The maximum atomic E-state index is 14.2. The van der Waals surface area contributed by atoms with E-state index in [4.69, 9.17) is 18.9 Å². The van der Waals surface area contributed by atoms with Gasteiger partial charge in [-0.1, -0.05) is 24.0 Å². The van der Waals surface area contributed by atoms with E-state index in [0.29, 0.717) is 65.2 Å². The summed E-state index contributed by atoms with van der Waals surface area (Å²) in [6.07, 6.45) is 6.12. The number of nitrogens with zero attached hydrogens (tertiary/aromatic N) is 5. The van der Waals surface area contributed by atoms with Gasteiger partial charge in [-0.25, -0.2) is 24.5 Å². The molecule has 7 rings (SSSR count). The molecule has 0 saturated carbocycles. The Morgan fingerprint density at radius 3 is 2.69 bits per heavy atom. The van der Waals surface area contributed by atoms with E-state index in [2.05, 4.69) is 27.2 Å². The molecule has 0 bridgehead atoms. The molecule has 306 valence electrons. The van der Waals surface area contributed by atoms with Gasteiger partial charge in [0.25, 0.3) is 11.8 Å². The van der Waals surface area contributed by atoms with E-state index in [1.165, 1.54) is 45.2 Å². The number of piperidine rings is 1. The van der Waals surface area contributed by atoms with Gasteiger partial charge in [-0.05, 0) is 81.7 Å². The molecule has 0 radical (unpaired) electrons. The third-order valence-electron chi connectivity index (χ3n) is 10.1. The number of hydrogen-bond acceptors (Lipinski definition) is 12. The first kappa shape index (κ1) is 40.4. The minimum atomic E-state index is -1.08. The summed E-state index contributed by atoms with van der Waals surface area (Å²) in [6.45, 7) is 6.67. The number of aromatic nitrogens is 3. The van der Waals surface area contributed by atoms with Gasteiger partial charge in [-0.3, -0.25) is 19.7 Å². The number of aromatic carboxylic acids is 1. The number of fused-ring (bicyclic) bond motifs is 3. The highest BCUT2D eigenvalue weighted by Gasteiger charge is 2.46. The van der Waals surface area contributed by atoms with Crippen LogP contribution in [0.4, 0.5) is 21.4 Å². The second-order valence-corrected chi connectivity index (χ2v) is 15.3.